The fourth-order valence-corrected chi connectivity index (χ4v) is 2.93. The van der Waals surface area contributed by atoms with E-state index in [1.165, 1.54) is 22.7 Å². The van der Waals surface area contributed by atoms with Gasteiger partial charge in [-0.25, -0.2) is 13.8 Å². The predicted molar refractivity (Wildman–Crippen MR) is 102 cm³/mol. The highest BCUT2D eigenvalue weighted by atomic mass is 35.5. The van der Waals surface area contributed by atoms with E-state index in [-0.39, 0.29) is 40.6 Å². The van der Waals surface area contributed by atoms with Gasteiger partial charge in [-0.15, -0.1) is 0 Å². The largest absolute Gasteiger partial charge is 0.485 e. The van der Waals surface area contributed by atoms with Crippen LogP contribution in [0.4, 0.5) is 8.78 Å². The number of rotatable bonds is 6. The number of carbonyl (C=O) groups excluding carboxylic acids is 1. The molecule has 0 aliphatic carbocycles. The van der Waals surface area contributed by atoms with Gasteiger partial charge in [0.15, 0.2) is 11.4 Å². The van der Waals surface area contributed by atoms with Gasteiger partial charge in [0.2, 0.25) is 0 Å². The molecule has 1 amide bonds. The Morgan fingerprint density at radius 1 is 1.39 bits per heavy atom. The average molecular weight is 409 g/mol. The summed E-state index contributed by atoms with van der Waals surface area (Å²) in [5, 5.41) is 2.99. The van der Waals surface area contributed by atoms with Gasteiger partial charge in [0.05, 0.1) is 16.3 Å². The molecule has 9 heteroatoms. The van der Waals surface area contributed by atoms with Crippen LogP contribution in [0.3, 0.4) is 0 Å². The highest BCUT2D eigenvalue weighted by Gasteiger charge is 2.20. The smallest absolute Gasteiger partial charge is 0.270 e. The van der Waals surface area contributed by atoms with Crippen LogP contribution in [0.5, 0.6) is 5.75 Å². The van der Waals surface area contributed by atoms with Crippen molar-refractivity contribution in [3.63, 3.8) is 0 Å². The molecular formula is C19H19ClF2N4O2. The van der Waals surface area contributed by atoms with E-state index >= 15 is 0 Å². The first kappa shape index (κ1) is 20.0. The predicted octanol–water partition coefficient (Wildman–Crippen LogP) is 3.23. The van der Waals surface area contributed by atoms with E-state index in [0.717, 1.165) is 12.1 Å². The Morgan fingerprint density at radius 3 is 2.71 bits per heavy atom. The lowest BCUT2D eigenvalue weighted by Crippen LogP contribution is -2.35. The van der Waals surface area contributed by atoms with Gasteiger partial charge in [-0.1, -0.05) is 17.7 Å². The molecule has 148 valence electrons. The number of carbonyl (C=O) groups is 1. The lowest BCUT2D eigenvalue weighted by Gasteiger charge is -2.11. The maximum Gasteiger partial charge on any atom is 0.270 e. The number of nitrogens with one attached hydrogen (secondary N) is 1. The molecule has 3 aromatic rings. The molecule has 1 unspecified atom stereocenters. The molecule has 3 rings (SSSR count). The topological polar surface area (TPSA) is 81.7 Å². The van der Waals surface area contributed by atoms with Crippen molar-refractivity contribution >= 4 is 23.2 Å². The van der Waals surface area contributed by atoms with Gasteiger partial charge >= 0.3 is 0 Å². The maximum absolute atomic E-state index is 13.8. The highest BCUT2D eigenvalue weighted by Crippen LogP contribution is 2.28. The monoisotopic (exact) mass is 408 g/mol. The van der Waals surface area contributed by atoms with E-state index in [1.807, 2.05) is 0 Å². The number of nitrogens with zero attached hydrogens (tertiary/aromatic N) is 2. The second kappa shape index (κ2) is 8.12. The molecule has 0 saturated heterocycles. The van der Waals surface area contributed by atoms with E-state index < -0.39 is 11.6 Å². The van der Waals surface area contributed by atoms with E-state index in [9.17, 15) is 13.6 Å². The van der Waals surface area contributed by atoms with Crippen LogP contribution in [0.15, 0.2) is 30.5 Å². The Morgan fingerprint density at radius 2 is 2.07 bits per heavy atom. The summed E-state index contributed by atoms with van der Waals surface area (Å²) in [5.74, 6) is -1.60. The molecule has 0 fully saturated rings. The first-order chi connectivity index (χ1) is 13.3. The van der Waals surface area contributed by atoms with Crippen LogP contribution in [0.1, 0.15) is 28.7 Å². The standard InChI is InChI=1S/C19H19ClF2N4O2/c1-10(23)7-24-19(27)17-11(2)25-18-16(6-12(20)8-26(17)18)28-9-13-14(21)4-3-5-15(13)22/h3-6,8,10H,7,9,23H2,1-2H3,(H,24,27). The lowest BCUT2D eigenvalue weighted by atomic mass is 10.2. The molecule has 0 aliphatic heterocycles. The van der Waals surface area contributed by atoms with Crippen molar-refractivity contribution in [1.29, 1.82) is 0 Å². The van der Waals surface area contributed by atoms with Crippen LogP contribution in [-0.2, 0) is 6.61 Å². The van der Waals surface area contributed by atoms with Gasteiger partial charge in [0.25, 0.3) is 5.91 Å². The van der Waals surface area contributed by atoms with E-state index in [4.69, 9.17) is 22.1 Å². The SMILES string of the molecule is Cc1nc2c(OCc3c(F)cccc3F)cc(Cl)cn2c1C(=O)NCC(C)N. The average Bonchev–Trinajstić information content (AvgIpc) is 2.95. The summed E-state index contributed by atoms with van der Waals surface area (Å²) < 4.78 is 34.8. The maximum atomic E-state index is 13.8. The minimum Gasteiger partial charge on any atom is -0.485 e. The first-order valence-electron chi connectivity index (χ1n) is 8.55. The van der Waals surface area contributed by atoms with Gasteiger partial charge in [-0.3, -0.25) is 9.20 Å². The van der Waals surface area contributed by atoms with Gasteiger partial charge in [-0.2, -0.15) is 0 Å². The van der Waals surface area contributed by atoms with Crippen LogP contribution in [0.25, 0.3) is 5.65 Å². The number of pyridine rings is 1. The Balaban J connectivity index is 1.96. The normalized spacial score (nSPS) is 12.2. The Labute approximate surface area is 165 Å². The number of fused-ring (bicyclic) bond motifs is 1. The first-order valence-corrected chi connectivity index (χ1v) is 8.93. The summed E-state index contributed by atoms with van der Waals surface area (Å²) in [6.45, 7) is 3.38. The number of imidazole rings is 1. The molecule has 0 saturated carbocycles. The number of aromatic nitrogens is 2. The fraction of sp³-hybridized carbons (Fsp3) is 0.263. The number of benzene rings is 1. The fourth-order valence-electron chi connectivity index (χ4n) is 2.73. The Kier molecular flexibility index (Phi) is 5.81. The second-order valence-electron chi connectivity index (χ2n) is 6.44. The van der Waals surface area contributed by atoms with E-state index in [2.05, 4.69) is 10.3 Å². The van der Waals surface area contributed by atoms with Crippen LogP contribution < -0.4 is 15.8 Å². The molecule has 2 heterocycles. The van der Waals surface area contributed by atoms with Crippen LogP contribution in [-0.4, -0.2) is 27.9 Å². The number of hydrogen-bond acceptors (Lipinski definition) is 4. The van der Waals surface area contributed by atoms with Crippen molar-refractivity contribution in [1.82, 2.24) is 14.7 Å². The van der Waals surface area contributed by atoms with E-state index in [1.54, 1.807) is 13.8 Å². The number of aryl methyl sites for hydroxylation is 1. The van der Waals surface area contributed by atoms with Crippen molar-refractivity contribution < 1.29 is 18.3 Å². The molecule has 0 radical (unpaired) electrons. The quantitative estimate of drug-likeness (QED) is 0.656. The molecular weight excluding hydrogens is 390 g/mol. The lowest BCUT2D eigenvalue weighted by molar-refractivity contribution is 0.0945. The molecule has 1 aromatic carbocycles. The molecule has 2 aromatic heterocycles. The number of amides is 1. The number of nitrogens with two attached hydrogens (primary N) is 1. The van der Waals surface area contributed by atoms with Gasteiger partial charge < -0.3 is 15.8 Å². The zero-order chi connectivity index (χ0) is 20.4. The van der Waals surface area contributed by atoms with Gasteiger partial charge in [0.1, 0.15) is 23.9 Å². The molecule has 28 heavy (non-hydrogen) atoms. The molecule has 0 bridgehead atoms. The third-order valence-corrected chi connectivity index (χ3v) is 4.27. The highest BCUT2D eigenvalue weighted by molar-refractivity contribution is 6.30. The van der Waals surface area contributed by atoms with Gasteiger partial charge in [-0.05, 0) is 26.0 Å². The third-order valence-electron chi connectivity index (χ3n) is 4.06. The molecule has 0 aliphatic rings. The molecule has 3 N–H and O–H groups in total. The van der Waals surface area contributed by atoms with Crippen LogP contribution >= 0.6 is 11.6 Å². The van der Waals surface area contributed by atoms with Crippen molar-refractivity contribution in [3.8, 4) is 5.75 Å². The van der Waals surface area contributed by atoms with Crippen LogP contribution in [0, 0.1) is 18.6 Å². The summed E-state index contributed by atoms with van der Waals surface area (Å²) in [5.41, 5.74) is 6.50. The van der Waals surface area contributed by atoms with Crippen molar-refractivity contribution in [2.45, 2.75) is 26.5 Å². The molecule has 6 nitrogen and oxygen atoms in total. The minimum atomic E-state index is -0.714. The third kappa shape index (κ3) is 4.07. The van der Waals surface area contributed by atoms with Gasteiger partial charge in [0, 0.05) is 24.8 Å². The summed E-state index contributed by atoms with van der Waals surface area (Å²) in [6.07, 6.45) is 1.52. The summed E-state index contributed by atoms with van der Waals surface area (Å²) in [7, 11) is 0. The zero-order valence-corrected chi connectivity index (χ0v) is 16.1. The molecule has 0 spiro atoms. The zero-order valence-electron chi connectivity index (χ0n) is 15.3. The second-order valence-corrected chi connectivity index (χ2v) is 6.87. The molecule has 1 atom stereocenters. The number of halogens is 3. The summed E-state index contributed by atoms with van der Waals surface area (Å²) in [4.78, 5) is 16.9. The van der Waals surface area contributed by atoms with Crippen molar-refractivity contribution in [2.24, 2.45) is 5.73 Å². The van der Waals surface area contributed by atoms with Crippen molar-refractivity contribution in [3.05, 3.63) is 64.1 Å². The minimum absolute atomic E-state index is 0.199. The van der Waals surface area contributed by atoms with E-state index in [0.29, 0.717) is 17.9 Å². The number of hydrogen-bond donors (Lipinski definition) is 2. The van der Waals surface area contributed by atoms with Crippen LogP contribution in [0.2, 0.25) is 5.02 Å². The summed E-state index contributed by atoms with van der Waals surface area (Å²) >= 11 is 6.15. The number of ether oxygens (including phenoxy) is 1. The Bertz CT molecular complexity index is 1020. The van der Waals surface area contributed by atoms with Crippen molar-refractivity contribution in [2.75, 3.05) is 6.54 Å². The Hall–Kier alpha value is -2.71. The summed E-state index contributed by atoms with van der Waals surface area (Å²) in [6, 6.07) is 4.84.